The van der Waals surface area contributed by atoms with Crippen molar-refractivity contribution < 1.29 is 33.4 Å². The quantitative estimate of drug-likeness (QED) is 0.416. The number of hydrogen-bond donors (Lipinski definition) is 3. The van der Waals surface area contributed by atoms with E-state index < -0.39 is 41.1 Å². The summed E-state index contributed by atoms with van der Waals surface area (Å²) in [5.74, 6) is -2.66. The van der Waals surface area contributed by atoms with Crippen LogP contribution < -0.4 is 5.32 Å². The molecule has 0 heterocycles. The molecule has 2 amide bonds. The number of alkyl carbamates (subject to hydrolysis) is 1. The number of aromatic hydroxyl groups is 1. The van der Waals surface area contributed by atoms with Crippen LogP contribution in [0.5, 0.6) is 5.75 Å². The predicted octanol–water partition coefficient (Wildman–Crippen LogP) is 4.03. The van der Waals surface area contributed by atoms with Crippen molar-refractivity contribution in [3.05, 3.63) is 65.5 Å². The van der Waals surface area contributed by atoms with Crippen LogP contribution in [0.25, 0.3) is 0 Å². The van der Waals surface area contributed by atoms with Gasteiger partial charge in [-0.1, -0.05) is 38.1 Å². The lowest BCUT2D eigenvalue weighted by molar-refractivity contribution is -0.141. The smallest absolute Gasteiger partial charge is 0.414 e. The normalized spacial score (nSPS) is 12.0. The van der Waals surface area contributed by atoms with Crippen LogP contribution in [0.1, 0.15) is 42.3 Å². The molecule has 7 nitrogen and oxygen atoms in total. The molecule has 0 bridgehead atoms. The molecular weight excluding hydrogens is 425 g/mol. The molecule has 0 radical (unpaired) electrons. The molecule has 2 aromatic carbocycles. The van der Waals surface area contributed by atoms with Gasteiger partial charge < -0.3 is 14.6 Å². The molecule has 166 valence electrons. The van der Waals surface area contributed by atoms with E-state index in [0.29, 0.717) is 0 Å². The van der Waals surface area contributed by atoms with Crippen LogP contribution in [0, 0.1) is 11.2 Å². The number of imide groups is 1. The first-order valence-electron chi connectivity index (χ1n) is 9.46. The number of carbonyl (C=O) groups excluding carboxylic acids is 3. The van der Waals surface area contributed by atoms with E-state index in [2.05, 4.69) is 17.9 Å². The molecule has 0 saturated heterocycles. The molecular formula is C22H24FNO6S. The third kappa shape index (κ3) is 6.99. The molecule has 0 aliphatic carbocycles. The summed E-state index contributed by atoms with van der Waals surface area (Å²) in [5, 5.41) is 11.6. The number of hydrogen-bond acceptors (Lipinski definition) is 7. The first-order valence-corrected chi connectivity index (χ1v) is 10.1. The Morgan fingerprint density at radius 2 is 1.84 bits per heavy atom. The molecule has 31 heavy (non-hydrogen) atoms. The Hall–Kier alpha value is -3.07. The molecule has 9 heteroatoms. The van der Waals surface area contributed by atoms with E-state index in [1.54, 1.807) is 32.0 Å². The zero-order valence-electron chi connectivity index (χ0n) is 17.1. The fraction of sp³-hybridized carbons (Fsp3) is 0.318. The number of phenols is 1. The zero-order valence-corrected chi connectivity index (χ0v) is 18.0. The number of thiol groups is 1. The first-order chi connectivity index (χ1) is 14.6. The van der Waals surface area contributed by atoms with Crippen molar-refractivity contribution in [3.63, 3.8) is 0 Å². The van der Waals surface area contributed by atoms with E-state index in [9.17, 15) is 23.9 Å². The topological polar surface area (TPSA) is 102 Å². The molecule has 2 N–H and O–H groups in total. The van der Waals surface area contributed by atoms with E-state index in [1.807, 2.05) is 0 Å². The Bertz CT molecular complexity index is 935. The molecule has 0 spiro atoms. The largest absolute Gasteiger partial charge is 0.505 e. The summed E-state index contributed by atoms with van der Waals surface area (Å²) >= 11 is 3.84. The van der Waals surface area contributed by atoms with Gasteiger partial charge in [0, 0.05) is 11.0 Å². The van der Waals surface area contributed by atoms with Crippen LogP contribution in [-0.4, -0.2) is 35.4 Å². The molecule has 2 rings (SSSR count). The first kappa shape index (κ1) is 24.2. The number of carbonyl (C=O) groups is 3. The van der Waals surface area contributed by atoms with Gasteiger partial charge in [-0.15, -0.1) is 0 Å². The van der Waals surface area contributed by atoms with Crippen LogP contribution in [0.2, 0.25) is 0 Å². The number of nitrogens with one attached hydrogen (secondary N) is 1. The number of halogens is 1. The summed E-state index contributed by atoms with van der Waals surface area (Å²) in [7, 11) is 0. The zero-order chi connectivity index (χ0) is 23.0. The van der Waals surface area contributed by atoms with Gasteiger partial charge in [-0.2, -0.15) is 12.6 Å². The van der Waals surface area contributed by atoms with Gasteiger partial charge in [0.25, 0.3) is 5.91 Å². The highest BCUT2D eigenvalue weighted by atomic mass is 32.1. The summed E-state index contributed by atoms with van der Waals surface area (Å²) in [6.07, 6.45) is -1.77. The highest BCUT2D eigenvalue weighted by Gasteiger charge is 2.35. The summed E-state index contributed by atoms with van der Waals surface area (Å²) < 4.78 is 24.5. The van der Waals surface area contributed by atoms with Crippen molar-refractivity contribution in [2.24, 2.45) is 5.41 Å². The fourth-order valence-electron chi connectivity index (χ4n) is 2.86. The van der Waals surface area contributed by atoms with Crippen molar-refractivity contribution in [3.8, 4) is 5.75 Å². The van der Waals surface area contributed by atoms with Gasteiger partial charge in [-0.3, -0.25) is 14.9 Å². The second-order valence-electron chi connectivity index (χ2n) is 7.43. The Kier molecular flexibility index (Phi) is 8.44. The average Bonchev–Trinajstić information content (AvgIpc) is 2.74. The Morgan fingerprint density at radius 3 is 2.45 bits per heavy atom. The summed E-state index contributed by atoms with van der Waals surface area (Å²) in [5.41, 5.74) is -0.291. The lowest BCUT2D eigenvalue weighted by Crippen LogP contribution is -2.36. The Balaban J connectivity index is 2.20. The summed E-state index contributed by atoms with van der Waals surface area (Å²) in [6.45, 7) is 3.50. The highest BCUT2D eigenvalue weighted by Crippen LogP contribution is 2.40. The van der Waals surface area contributed by atoms with E-state index in [-0.39, 0.29) is 29.9 Å². The Labute approximate surface area is 185 Å². The van der Waals surface area contributed by atoms with Gasteiger partial charge >= 0.3 is 12.1 Å². The Morgan fingerprint density at radius 1 is 1.16 bits per heavy atom. The van der Waals surface area contributed by atoms with E-state index in [0.717, 1.165) is 12.1 Å². The van der Waals surface area contributed by atoms with E-state index in [1.165, 1.54) is 18.2 Å². The highest BCUT2D eigenvalue weighted by molar-refractivity contribution is 7.81. The average molecular weight is 450 g/mol. The van der Waals surface area contributed by atoms with Gasteiger partial charge in [0.15, 0.2) is 11.6 Å². The maximum Gasteiger partial charge on any atom is 0.414 e. The van der Waals surface area contributed by atoms with E-state index >= 15 is 0 Å². The lowest BCUT2D eigenvalue weighted by Gasteiger charge is -2.34. The number of phenolic OH excluding ortho intramolecular Hbond substituents is 1. The lowest BCUT2D eigenvalue weighted by atomic mass is 9.80. The molecule has 0 aliphatic heterocycles. The van der Waals surface area contributed by atoms with Crippen LogP contribution in [0.4, 0.5) is 9.18 Å². The van der Waals surface area contributed by atoms with Gasteiger partial charge in [-0.25, -0.2) is 9.18 Å². The minimum atomic E-state index is -1.02. The summed E-state index contributed by atoms with van der Waals surface area (Å²) in [4.78, 5) is 36.0. The van der Waals surface area contributed by atoms with Crippen molar-refractivity contribution in [1.29, 1.82) is 0 Å². The maximum absolute atomic E-state index is 14.0. The van der Waals surface area contributed by atoms with Gasteiger partial charge in [0.1, 0.15) is 6.10 Å². The maximum atomic E-state index is 14.0. The van der Waals surface area contributed by atoms with Crippen LogP contribution in [0.15, 0.2) is 48.5 Å². The third-order valence-electron chi connectivity index (χ3n) is 4.60. The number of esters is 1. The van der Waals surface area contributed by atoms with Crippen LogP contribution >= 0.6 is 12.6 Å². The van der Waals surface area contributed by atoms with Crippen LogP contribution in [-0.2, 0) is 14.3 Å². The minimum absolute atomic E-state index is 0.0252. The number of benzene rings is 2. The molecule has 0 fully saturated rings. The minimum Gasteiger partial charge on any atom is -0.505 e. The molecule has 1 atom stereocenters. The number of amides is 2. The standard InChI is InChI=1S/C22H24FNO6S/c1-22(2,10-11-29-18(26)13-31)19(15-8-9-17(25)16(23)12-15)30-21(28)24-20(27)14-6-4-3-5-7-14/h3-9,12,19,25,31H,10-11,13H2,1-2H3,(H,24,27,28)/t19-/m0/s1. The van der Waals surface area contributed by atoms with Gasteiger partial charge in [-0.05, 0) is 36.2 Å². The monoisotopic (exact) mass is 449 g/mol. The SMILES string of the molecule is CC(C)(CCOC(=O)CS)[C@@H](OC(=O)NC(=O)c1ccccc1)c1ccc(O)c(F)c1. The number of ether oxygens (including phenoxy) is 2. The van der Waals surface area contributed by atoms with Crippen LogP contribution in [0.3, 0.4) is 0 Å². The van der Waals surface area contributed by atoms with Gasteiger partial charge in [0.05, 0.1) is 12.4 Å². The molecule has 0 aliphatic rings. The van der Waals surface area contributed by atoms with Gasteiger partial charge in [0.2, 0.25) is 0 Å². The van der Waals surface area contributed by atoms with Crippen molar-refractivity contribution in [2.75, 3.05) is 12.4 Å². The summed E-state index contributed by atoms with van der Waals surface area (Å²) in [6, 6.07) is 11.7. The van der Waals surface area contributed by atoms with Crippen molar-refractivity contribution in [1.82, 2.24) is 5.32 Å². The second kappa shape index (κ2) is 10.8. The third-order valence-corrected chi connectivity index (χ3v) is 4.86. The molecule has 0 saturated carbocycles. The predicted molar refractivity (Wildman–Crippen MR) is 114 cm³/mol. The molecule has 0 aromatic heterocycles. The number of rotatable bonds is 8. The van der Waals surface area contributed by atoms with E-state index in [4.69, 9.17) is 9.47 Å². The molecule has 2 aromatic rings. The van der Waals surface area contributed by atoms with Crippen molar-refractivity contribution >= 4 is 30.6 Å². The molecule has 0 unspecified atom stereocenters. The second-order valence-corrected chi connectivity index (χ2v) is 7.75. The van der Waals surface area contributed by atoms with Crippen molar-refractivity contribution in [2.45, 2.75) is 26.4 Å². The fourth-order valence-corrected chi connectivity index (χ4v) is 2.95.